The third-order valence-electron chi connectivity index (χ3n) is 3.08. The Balaban J connectivity index is 2.60. The van der Waals surface area contributed by atoms with E-state index >= 15 is 0 Å². The van der Waals surface area contributed by atoms with Crippen molar-refractivity contribution in [3.63, 3.8) is 0 Å². The first-order valence-electron chi connectivity index (χ1n) is 4.56. The number of benzene rings is 1. The Labute approximate surface area is 77.8 Å². The maximum atomic E-state index is 13.4. The minimum absolute atomic E-state index is 0.0892. The Morgan fingerprint density at radius 1 is 1.31 bits per heavy atom. The third kappa shape index (κ3) is 1.05. The van der Waals surface area contributed by atoms with Gasteiger partial charge in [0.15, 0.2) is 13.2 Å². The SMILES string of the molecule is CC1c2c(F)cccc2[O+](C)C1C. The van der Waals surface area contributed by atoms with Gasteiger partial charge in [-0.15, -0.1) is 0 Å². The van der Waals surface area contributed by atoms with Crippen LogP contribution in [0.4, 0.5) is 4.39 Å². The number of fused-ring (bicyclic) bond motifs is 1. The molecule has 1 nitrogen and oxygen atoms in total. The van der Waals surface area contributed by atoms with Crippen LogP contribution in [-0.2, 0) is 4.37 Å². The predicted molar refractivity (Wildman–Crippen MR) is 50.7 cm³/mol. The fraction of sp³-hybridized carbons (Fsp3) is 0.455. The van der Waals surface area contributed by atoms with Crippen molar-refractivity contribution in [2.24, 2.45) is 0 Å². The lowest BCUT2D eigenvalue weighted by molar-refractivity contribution is -0.0537. The first-order valence-corrected chi connectivity index (χ1v) is 4.56. The minimum Gasteiger partial charge on any atom is -0.571 e. The first-order chi connectivity index (χ1) is 6.13. The van der Waals surface area contributed by atoms with Crippen LogP contribution < -0.4 is 0 Å². The summed E-state index contributed by atoms with van der Waals surface area (Å²) in [5, 5.41) is 0. The summed E-state index contributed by atoms with van der Waals surface area (Å²) in [5.41, 5.74) is 0.836. The Hall–Kier alpha value is -1.05. The molecule has 1 aromatic rings. The molecular formula is C11H14FO+. The quantitative estimate of drug-likeness (QED) is 0.540. The molecule has 0 fully saturated rings. The standard InChI is InChI=1S/C11H14FO/c1-7-8(2)13(3)10-6-4-5-9(12)11(7)10/h4-8H,1-3H3/q+1. The van der Waals surface area contributed by atoms with E-state index in [9.17, 15) is 4.39 Å². The summed E-state index contributed by atoms with van der Waals surface area (Å²) in [6.07, 6.45) is 0.312. The molecule has 1 aromatic carbocycles. The van der Waals surface area contributed by atoms with Gasteiger partial charge in [-0.3, -0.25) is 0 Å². The Kier molecular flexibility index (Phi) is 1.79. The molecule has 0 spiro atoms. The molecule has 1 aliphatic rings. The number of hydrogen-bond donors (Lipinski definition) is 0. The summed E-state index contributed by atoms with van der Waals surface area (Å²) < 4.78 is 16.4. The van der Waals surface area contributed by atoms with Gasteiger partial charge in [-0.2, -0.15) is 0 Å². The highest BCUT2D eigenvalue weighted by atomic mass is 19.1. The summed E-state index contributed by atoms with van der Waals surface area (Å²) >= 11 is 0. The Bertz CT molecular complexity index is 335. The van der Waals surface area contributed by atoms with Gasteiger partial charge in [-0.1, -0.05) is 6.07 Å². The molecule has 70 valence electrons. The number of rotatable bonds is 0. The zero-order valence-electron chi connectivity index (χ0n) is 8.17. The fourth-order valence-electron chi connectivity index (χ4n) is 1.98. The molecule has 0 N–H and O–H groups in total. The largest absolute Gasteiger partial charge is 0.571 e. The van der Waals surface area contributed by atoms with E-state index in [1.807, 2.05) is 13.2 Å². The summed E-state index contributed by atoms with van der Waals surface area (Å²) in [6.45, 7) is 4.15. The van der Waals surface area contributed by atoms with Crippen LogP contribution in [0.1, 0.15) is 25.3 Å². The molecule has 0 bridgehead atoms. The summed E-state index contributed by atoms with van der Waals surface area (Å²) in [7, 11) is 1.94. The normalized spacial score (nSPS) is 26.3. The number of hydrogen-bond acceptors (Lipinski definition) is 0. The topological polar surface area (TPSA) is 2.70 Å². The maximum absolute atomic E-state index is 13.4. The molecule has 1 heterocycles. The van der Waals surface area contributed by atoms with Crippen molar-refractivity contribution in [3.8, 4) is 5.75 Å². The Morgan fingerprint density at radius 3 is 2.62 bits per heavy atom. The van der Waals surface area contributed by atoms with Crippen LogP contribution in [0.5, 0.6) is 5.75 Å². The molecule has 1 aliphatic heterocycles. The minimum atomic E-state index is -0.0892. The summed E-state index contributed by atoms with van der Waals surface area (Å²) in [5.74, 6) is 1.12. The molecule has 2 rings (SSSR count). The molecule has 2 atom stereocenters. The van der Waals surface area contributed by atoms with Gasteiger partial charge in [-0.25, -0.2) is 4.39 Å². The van der Waals surface area contributed by atoms with Crippen LogP contribution in [0.3, 0.4) is 0 Å². The van der Waals surface area contributed by atoms with Crippen molar-refractivity contribution in [2.75, 3.05) is 7.11 Å². The van der Waals surface area contributed by atoms with Crippen molar-refractivity contribution >= 4 is 0 Å². The lowest BCUT2D eigenvalue weighted by Crippen LogP contribution is -2.14. The fourth-order valence-corrected chi connectivity index (χ4v) is 1.98. The lowest BCUT2D eigenvalue weighted by atomic mass is 9.98. The average molecular weight is 181 g/mol. The highest BCUT2D eigenvalue weighted by molar-refractivity contribution is 5.42. The van der Waals surface area contributed by atoms with Gasteiger partial charge in [0, 0.05) is 13.0 Å². The van der Waals surface area contributed by atoms with Crippen LogP contribution in [0.15, 0.2) is 18.2 Å². The second-order valence-corrected chi connectivity index (χ2v) is 3.70. The second-order valence-electron chi connectivity index (χ2n) is 3.70. The molecule has 0 aromatic heterocycles. The third-order valence-corrected chi connectivity index (χ3v) is 3.08. The van der Waals surface area contributed by atoms with Crippen molar-refractivity contribution in [2.45, 2.75) is 25.9 Å². The van der Waals surface area contributed by atoms with Gasteiger partial charge in [0.2, 0.25) is 0 Å². The lowest BCUT2D eigenvalue weighted by Gasteiger charge is -2.20. The van der Waals surface area contributed by atoms with Crippen LogP contribution >= 0.6 is 0 Å². The first kappa shape index (κ1) is 8.54. The summed E-state index contributed by atoms with van der Waals surface area (Å²) in [4.78, 5) is 0. The van der Waals surface area contributed by atoms with E-state index in [0.717, 1.165) is 11.3 Å². The molecule has 0 radical (unpaired) electrons. The molecule has 0 saturated carbocycles. The highest BCUT2D eigenvalue weighted by Gasteiger charge is 2.39. The van der Waals surface area contributed by atoms with Crippen LogP contribution in [-0.4, -0.2) is 13.2 Å². The second kappa shape index (κ2) is 2.72. The van der Waals surface area contributed by atoms with Crippen LogP contribution in [0, 0.1) is 5.82 Å². The molecule has 2 heteroatoms. The van der Waals surface area contributed by atoms with Gasteiger partial charge in [0.1, 0.15) is 5.82 Å². The molecule has 0 saturated heterocycles. The average Bonchev–Trinajstić information content (AvgIpc) is 2.33. The highest BCUT2D eigenvalue weighted by Crippen LogP contribution is 2.46. The van der Waals surface area contributed by atoms with Crippen molar-refractivity contribution < 1.29 is 8.76 Å². The molecule has 0 aliphatic carbocycles. The van der Waals surface area contributed by atoms with Gasteiger partial charge in [0.05, 0.1) is 11.5 Å². The van der Waals surface area contributed by atoms with Gasteiger partial charge >= 0.3 is 0 Å². The van der Waals surface area contributed by atoms with Gasteiger partial charge in [-0.05, 0) is 13.0 Å². The van der Waals surface area contributed by atoms with E-state index in [1.165, 1.54) is 6.07 Å². The van der Waals surface area contributed by atoms with Gasteiger partial charge in [0.25, 0.3) is 5.75 Å². The van der Waals surface area contributed by atoms with E-state index in [-0.39, 0.29) is 11.7 Å². The van der Waals surface area contributed by atoms with E-state index < -0.39 is 0 Å². The monoisotopic (exact) mass is 181 g/mol. The van der Waals surface area contributed by atoms with Crippen LogP contribution in [0.25, 0.3) is 0 Å². The molecule has 13 heavy (non-hydrogen) atoms. The van der Waals surface area contributed by atoms with Crippen molar-refractivity contribution in [1.29, 1.82) is 0 Å². The molecule has 0 amide bonds. The smallest absolute Gasteiger partial charge is 0.262 e. The van der Waals surface area contributed by atoms with Crippen molar-refractivity contribution in [3.05, 3.63) is 29.6 Å². The zero-order valence-corrected chi connectivity index (χ0v) is 8.17. The summed E-state index contributed by atoms with van der Waals surface area (Å²) in [6, 6.07) is 5.23. The van der Waals surface area contributed by atoms with E-state index in [0.29, 0.717) is 6.10 Å². The van der Waals surface area contributed by atoms with Gasteiger partial charge < -0.3 is 4.37 Å². The predicted octanol–water partition coefficient (Wildman–Crippen LogP) is 3.23. The van der Waals surface area contributed by atoms with E-state index in [1.54, 1.807) is 6.07 Å². The maximum Gasteiger partial charge on any atom is 0.262 e. The molecular weight excluding hydrogens is 167 g/mol. The van der Waals surface area contributed by atoms with Crippen LogP contribution in [0.2, 0.25) is 0 Å². The van der Waals surface area contributed by atoms with E-state index in [4.69, 9.17) is 0 Å². The van der Waals surface area contributed by atoms with Crippen molar-refractivity contribution in [1.82, 2.24) is 0 Å². The molecule has 2 unspecified atom stereocenters. The Morgan fingerprint density at radius 2 is 2.00 bits per heavy atom. The van der Waals surface area contributed by atoms with E-state index in [2.05, 4.69) is 18.2 Å². The zero-order chi connectivity index (χ0) is 9.59. The number of halogens is 1.